The first-order valence-electron chi connectivity index (χ1n) is 4.49. The molecule has 0 unspecified atom stereocenters. The van der Waals surface area contributed by atoms with Crippen LogP contribution in [0.15, 0.2) is 12.1 Å². The number of aryl methyl sites for hydroxylation is 1. The minimum atomic E-state index is -4.87. The van der Waals surface area contributed by atoms with Crippen molar-refractivity contribution in [1.82, 2.24) is 0 Å². The van der Waals surface area contributed by atoms with Crippen LogP contribution in [0.4, 0.5) is 18.9 Å². The van der Waals surface area contributed by atoms with Gasteiger partial charge in [-0.15, -0.1) is 13.2 Å². The number of benzene rings is 1. The standard InChI is InChI=1S/C10H10F3NO3/c1-5-3-6(9(15)16-2)8(14)7(4-5)17-10(11,12)13/h3-4H,14H2,1-2H3. The molecule has 17 heavy (non-hydrogen) atoms. The summed E-state index contributed by atoms with van der Waals surface area (Å²) in [7, 11) is 1.11. The monoisotopic (exact) mass is 249 g/mol. The average Bonchev–Trinajstić information content (AvgIpc) is 2.19. The van der Waals surface area contributed by atoms with Gasteiger partial charge >= 0.3 is 12.3 Å². The molecule has 0 heterocycles. The Morgan fingerprint density at radius 2 is 1.94 bits per heavy atom. The fourth-order valence-corrected chi connectivity index (χ4v) is 1.25. The fraction of sp³-hybridized carbons (Fsp3) is 0.300. The van der Waals surface area contributed by atoms with E-state index in [0.717, 1.165) is 13.2 Å². The Morgan fingerprint density at radius 3 is 2.41 bits per heavy atom. The van der Waals surface area contributed by atoms with Gasteiger partial charge in [0.2, 0.25) is 0 Å². The van der Waals surface area contributed by atoms with Gasteiger partial charge in [-0.1, -0.05) is 0 Å². The second-order valence-electron chi connectivity index (χ2n) is 3.26. The SMILES string of the molecule is COC(=O)c1cc(C)cc(OC(F)(F)F)c1N. The first-order chi connectivity index (χ1) is 7.74. The summed E-state index contributed by atoms with van der Waals surface area (Å²) in [6, 6.07) is 2.42. The van der Waals surface area contributed by atoms with Crippen LogP contribution < -0.4 is 10.5 Å². The molecule has 0 amide bonds. The van der Waals surface area contributed by atoms with E-state index in [0.29, 0.717) is 5.56 Å². The van der Waals surface area contributed by atoms with Crippen LogP contribution in [0.1, 0.15) is 15.9 Å². The molecule has 0 bridgehead atoms. The number of carbonyl (C=O) groups is 1. The molecule has 1 aromatic carbocycles. The molecule has 2 N–H and O–H groups in total. The summed E-state index contributed by atoms with van der Waals surface area (Å²) in [6.07, 6.45) is -4.87. The number of halogens is 3. The Kier molecular flexibility index (Phi) is 3.50. The van der Waals surface area contributed by atoms with Crippen LogP contribution in [0, 0.1) is 6.92 Å². The Bertz CT molecular complexity index is 443. The number of methoxy groups -OCH3 is 1. The lowest BCUT2D eigenvalue weighted by molar-refractivity contribution is -0.274. The van der Waals surface area contributed by atoms with Crippen LogP contribution in [0.25, 0.3) is 0 Å². The number of alkyl halides is 3. The van der Waals surface area contributed by atoms with E-state index >= 15 is 0 Å². The van der Waals surface area contributed by atoms with Gasteiger partial charge in [-0.05, 0) is 24.6 Å². The van der Waals surface area contributed by atoms with E-state index in [1.807, 2.05) is 0 Å². The second-order valence-corrected chi connectivity index (χ2v) is 3.26. The number of carbonyl (C=O) groups excluding carboxylic acids is 1. The second kappa shape index (κ2) is 4.52. The molecule has 0 aliphatic heterocycles. The van der Waals surface area contributed by atoms with Gasteiger partial charge in [0.1, 0.15) is 0 Å². The molecule has 1 aromatic rings. The molecule has 1 rings (SSSR count). The minimum absolute atomic E-state index is 0.160. The van der Waals surface area contributed by atoms with Crippen LogP contribution in [0.2, 0.25) is 0 Å². The van der Waals surface area contributed by atoms with Crippen LogP contribution in [-0.2, 0) is 4.74 Å². The van der Waals surface area contributed by atoms with Crippen molar-refractivity contribution >= 4 is 11.7 Å². The molecule has 0 aliphatic carbocycles. The number of ether oxygens (including phenoxy) is 2. The van der Waals surface area contributed by atoms with Crippen molar-refractivity contribution in [2.75, 3.05) is 12.8 Å². The maximum atomic E-state index is 12.1. The van der Waals surface area contributed by atoms with Gasteiger partial charge < -0.3 is 15.2 Å². The van der Waals surface area contributed by atoms with E-state index in [9.17, 15) is 18.0 Å². The number of hydrogen-bond acceptors (Lipinski definition) is 4. The maximum absolute atomic E-state index is 12.1. The molecule has 0 aromatic heterocycles. The molecular formula is C10H10F3NO3. The van der Waals surface area contributed by atoms with E-state index in [-0.39, 0.29) is 5.56 Å². The van der Waals surface area contributed by atoms with Gasteiger partial charge in [0, 0.05) is 0 Å². The first kappa shape index (κ1) is 13.1. The predicted molar refractivity (Wildman–Crippen MR) is 53.6 cm³/mol. The Morgan fingerprint density at radius 1 is 1.35 bits per heavy atom. The van der Waals surface area contributed by atoms with E-state index in [1.54, 1.807) is 0 Å². The first-order valence-corrected chi connectivity index (χ1v) is 4.49. The molecule has 0 aliphatic rings. The zero-order chi connectivity index (χ0) is 13.2. The van der Waals surface area contributed by atoms with Crippen LogP contribution in [0.3, 0.4) is 0 Å². The van der Waals surface area contributed by atoms with E-state index in [4.69, 9.17) is 5.73 Å². The van der Waals surface area contributed by atoms with Crippen molar-refractivity contribution in [3.63, 3.8) is 0 Å². The van der Waals surface area contributed by atoms with Gasteiger partial charge in [-0.2, -0.15) is 0 Å². The molecule has 4 nitrogen and oxygen atoms in total. The molecule has 0 radical (unpaired) electrons. The Labute approximate surface area is 95.1 Å². The Balaban J connectivity index is 3.24. The summed E-state index contributed by atoms with van der Waals surface area (Å²) in [5.74, 6) is -1.43. The highest BCUT2D eigenvalue weighted by Crippen LogP contribution is 2.32. The third-order valence-electron chi connectivity index (χ3n) is 1.92. The minimum Gasteiger partial charge on any atom is -0.465 e. The fourth-order valence-electron chi connectivity index (χ4n) is 1.25. The summed E-state index contributed by atoms with van der Waals surface area (Å²) in [6.45, 7) is 1.51. The van der Waals surface area contributed by atoms with E-state index < -0.39 is 23.8 Å². The van der Waals surface area contributed by atoms with Gasteiger partial charge in [0.05, 0.1) is 18.4 Å². The smallest absolute Gasteiger partial charge is 0.465 e. The van der Waals surface area contributed by atoms with E-state index in [1.165, 1.54) is 13.0 Å². The van der Waals surface area contributed by atoms with Gasteiger partial charge in [0.25, 0.3) is 0 Å². The summed E-state index contributed by atoms with van der Waals surface area (Å²) >= 11 is 0. The van der Waals surface area contributed by atoms with Crippen LogP contribution >= 0.6 is 0 Å². The molecule has 94 valence electrons. The largest absolute Gasteiger partial charge is 0.573 e. The number of hydrogen-bond donors (Lipinski definition) is 1. The highest BCUT2D eigenvalue weighted by molar-refractivity contribution is 5.96. The molecule has 0 saturated carbocycles. The molecule has 0 spiro atoms. The van der Waals surface area contributed by atoms with Crippen molar-refractivity contribution in [2.24, 2.45) is 0 Å². The molecule has 0 atom stereocenters. The quantitative estimate of drug-likeness (QED) is 0.645. The summed E-state index contributed by atoms with van der Waals surface area (Å²) in [5, 5.41) is 0. The third kappa shape index (κ3) is 3.27. The normalized spacial score (nSPS) is 11.1. The van der Waals surface area contributed by atoms with Gasteiger partial charge in [-0.25, -0.2) is 4.79 Å². The average molecular weight is 249 g/mol. The zero-order valence-electron chi connectivity index (χ0n) is 9.09. The highest BCUT2D eigenvalue weighted by Gasteiger charge is 2.32. The molecule has 0 fully saturated rings. The lowest BCUT2D eigenvalue weighted by Gasteiger charge is -2.14. The Hall–Kier alpha value is -1.92. The number of anilines is 1. The number of nitrogen functional groups attached to an aromatic ring is 1. The van der Waals surface area contributed by atoms with Crippen molar-refractivity contribution in [3.8, 4) is 5.75 Å². The van der Waals surface area contributed by atoms with Gasteiger partial charge in [0.15, 0.2) is 5.75 Å². The number of esters is 1. The molecule has 7 heteroatoms. The molecular weight excluding hydrogens is 239 g/mol. The molecule has 0 saturated heterocycles. The third-order valence-corrected chi connectivity index (χ3v) is 1.92. The van der Waals surface area contributed by atoms with Crippen LogP contribution in [-0.4, -0.2) is 19.4 Å². The van der Waals surface area contributed by atoms with Crippen molar-refractivity contribution in [1.29, 1.82) is 0 Å². The number of rotatable bonds is 2. The van der Waals surface area contributed by atoms with Crippen LogP contribution in [0.5, 0.6) is 5.75 Å². The lowest BCUT2D eigenvalue weighted by atomic mass is 10.1. The maximum Gasteiger partial charge on any atom is 0.573 e. The zero-order valence-corrected chi connectivity index (χ0v) is 9.09. The van der Waals surface area contributed by atoms with Crippen molar-refractivity contribution in [2.45, 2.75) is 13.3 Å². The highest BCUT2D eigenvalue weighted by atomic mass is 19.4. The lowest BCUT2D eigenvalue weighted by Crippen LogP contribution is -2.19. The summed E-state index contributed by atoms with van der Waals surface area (Å²) in [5.41, 5.74) is 5.25. The summed E-state index contributed by atoms with van der Waals surface area (Å²) in [4.78, 5) is 11.3. The predicted octanol–water partition coefficient (Wildman–Crippen LogP) is 2.26. The number of nitrogens with two attached hydrogens (primary N) is 1. The van der Waals surface area contributed by atoms with Crippen molar-refractivity contribution in [3.05, 3.63) is 23.3 Å². The topological polar surface area (TPSA) is 61.5 Å². The summed E-state index contributed by atoms with van der Waals surface area (Å²) < 4.78 is 44.3. The van der Waals surface area contributed by atoms with Gasteiger partial charge in [-0.3, -0.25) is 0 Å². The van der Waals surface area contributed by atoms with Crippen molar-refractivity contribution < 1.29 is 27.4 Å². The van der Waals surface area contributed by atoms with E-state index in [2.05, 4.69) is 9.47 Å².